The van der Waals surface area contributed by atoms with Crippen molar-refractivity contribution in [3.63, 3.8) is 0 Å². The van der Waals surface area contributed by atoms with Gasteiger partial charge in [0.15, 0.2) is 0 Å². The van der Waals surface area contributed by atoms with Crippen LogP contribution in [0.5, 0.6) is 0 Å². The highest BCUT2D eigenvalue weighted by molar-refractivity contribution is 6.06. The number of benzene rings is 1. The van der Waals surface area contributed by atoms with Gasteiger partial charge in [-0.25, -0.2) is 4.79 Å². The van der Waals surface area contributed by atoms with E-state index in [4.69, 9.17) is 4.74 Å². The first-order valence-corrected chi connectivity index (χ1v) is 11.4. The molecule has 1 aliphatic heterocycles. The first-order valence-electron chi connectivity index (χ1n) is 11.4. The molecular formula is C26H25N3O4. The zero-order valence-corrected chi connectivity index (χ0v) is 18.8. The molecule has 168 valence electrons. The molecule has 0 N–H and O–H groups in total. The van der Waals surface area contributed by atoms with E-state index in [2.05, 4.69) is 17.3 Å². The molecule has 0 unspecified atom stereocenters. The Morgan fingerprint density at radius 3 is 2.21 bits per heavy atom. The van der Waals surface area contributed by atoms with Crippen LogP contribution in [0.4, 0.5) is 0 Å². The second-order valence-corrected chi connectivity index (χ2v) is 9.59. The smallest absolute Gasteiger partial charge is 0.337 e. The molecule has 7 rings (SSSR count). The number of nitrogens with zero attached hydrogens (tertiary/aromatic N) is 3. The molecule has 0 radical (unpaired) electrons. The number of hydrogen-bond acceptors (Lipinski definition) is 5. The van der Waals surface area contributed by atoms with Crippen molar-refractivity contribution in [1.82, 2.24) is 9.58 Å². The van der Waals surface area contributed by atoms with E-state index >= 15 is 0 Å². The van der Waals surface area contributed by atoms with Gasteiger partial charge in [-0.2, -0.15) is 10.1 Å². The largest absolute Gasteiger partial charge is 0.465 e. The van der Waals surface area contributed by atoms with Gasteiger partial charge in [-0.3, -0.25) is 9.59 Å². The van der Waals surface area contributed by atoms with Gasteiger partial charge in [0.2, 0.25) is 0 Å². The van der Waals surface area contributed by atoms with Crippen molar-refractivity contribution >= 4 is 24.0 Å². The van der Waals surface area contributed by atoms with Crippen molar-refractivity contribution in [2.24, 2.45) is 40.6 Å². The Kier molecular flexibility index (Phi) is 4.28. The number of hydrazone groups is 1. The number of ether oxygens (including phenoxy) is 1. The van der Waals surface area contributed by atoms with Crippen LogP contribution in [0.2, 0.25) is 0 Å². The van der Waals surface area contributed by atoms with Gasteiger partial charge in [0.05, 0.1) is 30.7 Å². The summed E-state index contributed by atoms with van der Waals surface area (Å²) in [5, 5.41) is 5.50. The van der Waals surface area contributed by atoms with Crippen LogP contribution in [0.3, 0.4) is 0 Å². The minimum atomic E-state index is -0.378. The number of carbonyl (C=O) groups excluding carboxylic acids is 3. The lowest BCUT2D eigenvalue weighted by Crippen LogP contribution is -2.40. The summed E-state index contributed by atoms with van der Waals surface area (Å²) in [7, 11) is 1.36. The zero-order chi connectivity index (χ0) is 23.0. The van der Waals surface area contributed by atoms with Gasteiger partial charge in [0, 0.05) is 22.6 Å². The third-order valence-electron chi connectivity index (χ3n) is 7.97. The summed E-state index contributed by atoms with van der Waals surface area (Å²) in [6.07, 6.45) is 7.09. The van der Waals surface area contributed by atoms with Crippen LogP contribution in [-0.2, 0) is 14.3 Å². The van der Waals surface area contributed by atoms with E-state index in [0.29, 0.717) is 17.4 Å². The maximum atomic E-state index is 13.1. The summed E-state index contributed by atoms with van der Waals surface area (Å²) in [6, 6.07) is 9.15. The van der Waals surface area contributed by atoms with Crippen molar-refractivity contribution in [2.45, 2.75) is 20.3 Å². The molecule has 1 aromatic heterocycles. The molecule has 2 heterocycles. The lowest BCUT2D eigenvalue weighted by Gasteiger charge is -2.37. The number of rotatable bonds is 4. The fourth-order valence-electron chi connectivity index (χ4n) is 6.36. The molecular weight excluding hydrogens is 418 g/mol. The number of esters is 1. The van der Waals surface area contributed by atoms with E-state index in [-0.39, 0.29) is 41.5 Å². The van der Waals surface area contributed by atoms with E-state index in [9.17, 15) is 14.4 Å². The molecule has 7 heteroatoms. The molecule has 2 bridgehead atoms. The molecule has 4 aliphatic carbocycles. The molecule has 2 aromatic rings. The lowest BCUT2D eigenvalue weighted by atomic mass is 9.63. The molecule has 5 aliphatic rings. The molecule has 3 fully saturated rings. The fraction of sp³-hybridized carbons (Fsp3) is 0.385. The highest BCUT2D eigenvalue weighted by atomic mass is 16.5. The Balaban J connectivity index is 1.27. The van der Waals surface area contributed by atoms with E-state index in [0.717, 1.165) is 34.1 Å². The predicted octanol–water partition coefficient (Wildman–Crippen LogP) is 3.27. The van der Waals surface area contributed by atoms with Gasteiger partial charge >= 0.3 is 5.97 Å². The predicted molar refractivity (Wildman–Crippen MR) is 121 cm³/mol. The Morgan fingerprint density at radius 1 is 1.03 bits per heavy atom. The zero-order valence-electron chi connectivity index (χ0n) is 18.8. The minimum absolute atomic E-state index is 0.154. The normalized spacial score (nSPS) is 31.3. The number of aryl methyl sites for hydroxylation is 1. The van der Waals surface area contributed by atoms with E-state index in [1.54, 1.807) is 18.3 Å². The number of imide groups is 1. The van der Waals surface area contributed by atoms with Gasteiger partial charge in [-0.15, -0.1) is 0 Å². The summed E-state index contributed by atoms with van der Waals surface area (Å²) in [5.74, 6) is 0.369. The van der Waals surface area contributed by atoms with Gasteiger partial charge < -0.3 is 9.30 Å². The Hall–Kier alpha value is -3.48. The average Bonchev–Trinajstić information content (AvgIpc) is 3.55. The maximum Gasteiger partial charge on any atom is 0.337 e. The Bertz CT molecular complexity index is 1220. The van der Waals surface area contributed by atoms with Crippen molar-refractivity contribution in [3.05, 3.63) is 65.0 Å². The monoisotopic (exact) mass is 443 g/mol. The maximum absolute atomic E-state index is 13.1. The quantitative estimate of drug-likeness (QED) is 0.314. The van der Waals surface area contributed by atoms with Crippen molar-refractivity contribution in [1.29, 1.82) is 0 Å². The number of carbonyl (C=O) groups is 3. The number of amides is 2. The molecule has 6 atom stereocenters. The molecule has 33 heavy (non-hydrogen) atoms. The van der Waals surface area contributed by atoms with Crippen LogP contribution in [0.15, 0.2) is 47.6 Å². The standard InChI is InChI=1S/C26H25N3O4/c1-13-10-16(14(2)28(13)17-6-4-15(5-7-17)26(32)33-3)12-27-29-24(30)22-18-8-9-19(21-11-20(18)21)23(22)25(29)31/h4-10,12,18-23H,11H2,1-3H3/b27-12-/t18-,19-,20-,21-,22-,23+/m0/s1. The number of hydrogen-bond donors (Lipinski definition) is 0. The summed E-state index contributed by atoms with van der Waals surface area (Å²) in [4.78, 5) is 38.0. The van der Waals surface area contributed by atoms with Gasteiger partial charge in [-0.05, 0) is 74.3 Å². The molecule has 0 spiro atoms. The van der Waals surface area contributed by atoms with Crippen LogP contribution in [0.25, 0.3) is 5.69 Å². The van der Waals surface area contributed by atoms with Crippen molar-refractivity contribution in [2.75, 3.05) is 7.11 Å². The van der Waals surface area contributed by atoms with E-state index in [1.165, 1.54) is 7.11 Å². The average molecular weight is 444 g/mol. The number of aromatic nitrogens is 1. The highest BCUT2D eigenvalue weighted by Crippen LogP contribution is 2.65. The SMILES string of the molecule is COC(=O)c1ccc(-n2c(C)cc(/C=N\N3C(=O)[C@@H]4[C@H]5C=C[C@@H]([C@@H]6C[C@@H]56)[C@@H]4C3=O)c2C)cc1. The highest BCUT2D eigenvalue weighted by Gasteiger charge is 2.67. The number of allylic oxidation sites excluding steroid dienone is 2. The molecule has 2 saturated carbocycles. The van der Waals surface area contributed by atoms with Crippen molar-refractivity contribution in [3.8, 4) is 5.69 Å². The Labute approximate surface area is 191 Å². The summed E-state index contributed by atoms with van der Waals surface area (Å²) >= 11 is 0. The first-order chi connectivity index (χ1) is 15.9. The van der Waals surface area contributed by atoms with Crippen LogP contribution in [0, 0.1) is 49.4 Å². The van der Waals surface area contributed by atoms with Crippen LogP contribution in [-0.4, -0.2) is 40.7 Å². The third-order valence-corrected chi connectivity index (χ3v) is 7.97. The molecule has 1 aromatic carbocycles. The summed E-state index contributed by atoms with van der Waals surface area (Å²) in [5.41, 5.74) is 4.14. The molecule has 1 saturated heterocycles. The number of methoxy groups -OCH3 is 1. The Morgan fingerprint density at radius 2 is 1.64 bits per heavy atom. The van der Waals surface area contributed by atoms with Crippen LogP contribution < -0.4 is 0 Å². The molecule has 7 nitrogen and oxygen atoms in total. The topological polar surface area (TPSA) is 81.0 Å². The van der Waals surface area contributed by atoms with Gasteiger partial charge in [-0.1, -0.05) is 12.2 Å². The first kappa shape index (κ1) is 20.1. The summed E-state index contributed by atoms with van der Waals surface area (Å²) < 4.78 is 6.81. The second kappa shape index (κ2) is 7.01. The fourth-order valence-corrected chi connectivity index (χ4v) is 6.36. The van der Waals surface area contributed by atoms with Gasteiger partial charge in [0.25, 0.3) is 11.8 Å². The van der Waals surface area contributed by atoms with E-state index < -0.39 is 0 Å². The lowest BCUT2D eigenvalue weighted by molar-refractivity contribution is -0.140. The minimum Gasteiger partial charge on any atom is -0.465 e. The third kappa shape index (κ3) is 2.81. The summed E-state index contributed by atoms with van der Waals surface area (Å²) in [6.45, 7) is 3.95. The van der Waals surface area contributed by atoms with Crippen molar-refractivity contribution < 1.29 is 19.1 Å². The second-order valence-electron chi connectivity index (χ2n) is 9.59. The van der Waals surface area contributed by atoms with Crippen LogP contribution in [0.1, 0.15) is 33.7 Å². The van der Waals surface area contributed by atoms with Crippen LogP contribution >= 0.6 is 0 Å². The van der Waals surface area contributed by atoms with Gasteiger partial charge in [0.1, 0.15) is 0 Å². The molecule has 2 amide bonds. The van der Waals surface area contributed by atoms with E-state index in [1.807, 2.05) is 36.6 Å².